The number of hydrogen-bond acceptors (Lipinski definition) is 3. The smallest absolute Gasteiger partial charge is 0.261 e. The average Bonchev–Trinajstić information content (AvgIpc) is 2.71. The number of hydrogen-bond donors (Lipinski definition) is 0. The Bertz CT molecular complexity index is 1060. The van der Waals surface area contributed by atoms with E-state index in [-0.39, 0.29) is 17.5 Å². The van der Waals surface area contributed by atoms with Crippen molar-refractivity contribution in [3.63, 3.8) is 0 Å². The fourth-order valence-corrected chi connectivity index (χ4v) is 3.67. The second kappa shape index (κ2) is 8.57. The molecule has 6 heteroatoms. The number of benzene rings is 2. The van der Waals surface area contributed by atoms with Crippen molar-refractivity contribution in [2.24, 2.45) is 0 Å². The fraction of sp³-hybridized carbons (Fsp3) is 0.318. The quantitative estimate of drug-likeness (QED) is 0.606. The van der Waals surface area contributed by atoms with E-state index in [4.69, 9.17) is 16.6 Å². The van der Waals surface area contributed by atoms with E-state index in [1.807, 2.05) is 39.0 Å². The predicted octanol–water partition coefficient (Wildman–Crippen LogP) is 4.68. The van der Waals surface area contributed by atoms with Gasteiger partial charge in [0.25, 0.3) is 11.5 Å². The molecule has 28 heavy (non-hydrogen) atoms. The second-order valence-corrected chi connectivity index (χ2v) is 7.10. The third-order valence-corrected chi connectivity index (χ3v) is 5.21. The molecule has 0 unspecified atom stereocenters. The Morgan fingerprint density at radius 1 is 1.14 bits per heavy atom. The van der Waals surface area contributed by atoms with Crippen LogP contribution in [0.4, 0.5) is 0 Å². The SMILES string of the molecule is CCCN(C(=O)c1ccccc1Cl)[C@H](C)c1nc2ccccc2c(=O)n1CC. The molecule has 0 spiro atoms. The van der Waals surface area contributed by atoms with Crippen molar-refractivity contribution in [3.8, 4) is 0 Å². The number of para-hydroxylation sites is 1. The lowest BCUT2D eigenvalue weighted by molar-refractivity contribution is 0.0679. The van der Waals surface area contributed by atoms with Crippen LogP contribution < -0.4 is 5.56 Å². The van der Waals surface area contributed by atoms with E-state index < -0.39 is 0 Å². The topological polar surface area (TPSA) is 55.2 Å². The van der Waals surface area contributed by atoms with Gasteiger partial charge in [-0.25, -0.2) is 4.98 Å². The summed E-state index contributed by atoms with van der Waals surface area (Å²) in [5.41, 5.74) is 1.01. The van der Waals surface area contributed by atoms with Gasteiger partial charge in [-0.15, -0.1) is 0 Å². The normalized spacial score (nSPS) is 12.1. The van der Waals surface area contributed by atoms with E-state index >= 15 is 0 Å². The predicted molar refractivity (Wildman–Crippen MR) is 113 cm³/mol. The van der Waals surface area contributed by atoms with E-state index in [0.717, 1.165) is 6.42 Å². The Morgan fingerprint density at radius 3 is 2.50 bits per heavy atom. The first-order valence-electron chi connectivity index (χ1n) is 9.54. The minimum Gasteiger partial charge on any atom is -0.329 e. The van der Waals surface area contributed by atoms with Crippen molar-refractivity contribution >= 4 is 28.4 Å². The molecule has 1 aromatic heterocycles. The zero-order valence-electron chi connectivity index (χ0n) is 16.4. The highest BCUT2D eigenvalue weighted by molar-refractivity contribution is 6.33. The molecule has 0 aliphatic rings. The zero-order valence-corrected chi connectivity index (χ0v) is 17.1. The van der Waals surface area contributed by atoms with Gasteiger partial charge in [0.1, 0.15) is 5.82 Å². The van der Waals surface area contributed by atoms with Gasteiger partial charge in [0.15, 0.2) is 0 Å². The minimum absolute atomic E-state index is 0.0865. The molecule has 0 bridgehead atoms. The van der Waals surface area contributed by atoms with Crippen molar-refractivity contribution in [1.82, 2.24) is 14.5 Å². The maximum atomic E-state index is 13.2. The summed E-state index contributed by atoms with van der Waals surface area (Å²) in [5.74, 6) is 0.421. The first kappa shape index (κ1) is 20.1. The van der Waals surface area contributed by atoms with Crippen LogP contribution in [-0.2, 0) is 6.54 Å². The molecule has 0 saturated heterocycles. The van der Waals surface area contributed by atoms with E-state index in [9.17, 15) is 9.59 Å². The van der Waals surface area contributed by atoms with Crippen LogP contribution in [0.2, 0.25) is 5.02 Å². The Kier molecular flexibility index (Phi) is 6.15. The van der Waals surface area contributed by atoms with Crippen LogP contribution in [0.5, 0.6) is 0 Å². The maximum absolute atomic E-state index is 13.2. The second-order valence-electron chi connectivity index (χ2n) is 6.69. The highest BCUT2D eigenvalue weighted by atomic mass is 35.5. The first-order valence-corrected chi connectivity index (χ1v) is 9.92. The molecule has 0 aliphatic heterocycles. The van der Waals surface area contributed by atoms with Crippen LogP contribution in [0.25, 0.3) is 10.9 Å². The molecule has 0 fully saturated rings. The van der Waals surface area contributed by atoms with E-state index in [1.165, 1.54) is 0 Å². The average molecular weight is 398 g/mol. The van der Waals surface area contributed by atoms with Crippen molar-refractivity contribution in [2.75, 3.05) is 6.54 Å². The highest BCUT2D eigenvalue weighted by Gasteiger charge is 2.27. The van der Waals surface area contributed by atoms with Gasteiger partial charge in [-0.05, 0) is 44.5 Å². The summed E-state index contributed by atoms with van der Waals surface area (Å²) in [4.78, 5) is 32.7. The first-order chi connectivity index (χ1) is 13.5. The minimum atomic E-state index is -0.374. The van der Waals surface area contributed by atoms with E-state index in [0.29, 0.717) is 40.4 Å². The van der Waals surface area contributed by atoms with Crippen LogP contribution in [-0.4, -0.2) is 26.9 Å². The van der Waals surface area contributed by atoms with Gasteiger partial charge in [-0.3, -0.25) is 14.2 Å². The van der Waals surface area contributed by atoms with Crippen LogP contribution in [0.15, 0.2) is 53.3 Å². The van der Waals surface area contributed by atoms with E-state index in [2.05, 4.69) is 0 Å². The molecule has 0 aliphatic carbocycles. The Labute approximate surface area is 169 Å². The van der Waals surface area contributed by atoms with Crippen LogP contribution >= 0.6 is 11.6 Å². The summed E-state index contributed by atoms with van der Waals surface area (Å²) in [6, 6.07) is 14.0. The van der Waals surface area contributed by atoms with Crippen LogP contribution in [0, 0.1) is 0 Å². The van der Waals surface area contributed by atoms with Crippen molar-refractivity contribution in [1.29, 1.82) is 0 Å². The summed E-state index contributed by atoms with van der Waals surface area (Å²) in [7, 11) is 0. The van der Waals surface area contributed by atoms with Crippen molar-refractivity contribution < 1.29 is 4.79 Å². The summed E-state index contributed by atoms with van der Waals surface area (Å²) in [6.07, 6.45) is 0.782. The number of carbonyl (C=O) groups excluding carboxylic acids is 1. The van der Waals surface area contributed by atoms with Gasteiger partial charge < -0.3 is 4.90 Å². The largest absolute Gasteiger partial charge is 0.329 e. The third-order valence-electron chi connectivity index (χ3n) is 4.88. The van der Waals surface area contributed by atoms with Gasteiger partial charge >= 0.3 is 0 Å². The van der Waals surface area contributed by atoms with Gasteiger partial charge in [-0.1, -0.05) is 42.8 Å². The lowest BCUT2D eigenvalue weighted by Gasteiger charge is -2.30. The summed E-state index contributed by atoms with van der Waals surface area (Å²) < 4.78 is 1.65. The molecule has 3 rings (SSSR count). The Hall–Kier alpha value is -2.66. The van der Waals surface area contributed by atoms with Crippen LogP contribution in [0.1, 0.15) is 49.4 Å². The maximum Gasteiger partial charge on any atom is 0.261 e. The molecule has 2 aromatic carbocycles. The van der Waals surface area contributed by atoms with Gasteiger partial charge in [-0.2, -0.15) is 0 Å². The Balaban J connectivity index is 2.12. The summed E-state index contributed by atoms with van der Waals surface area (Å²) >= 11 is 6.26. The molecular weight excluding hydrogens is 374 g/mol. The standard InChI is InChI=1S/C22H24ClN3O2/c1-4-14-26(21(27)16-10-6-8-12-18(16)23)15(3)20-24-19-13-9-7-11-17(19)22(28)25(20)5-2/h6-13,15H,4-5,14H2,1-3H3/t15-/m1/s1. The van der Waals surface area contributed by atoms with Crippen molar-refractivity contribution in [2.45, 2.75) is 39.8 Å². The molecule has 1 atom stereocenters. The molecular formula is C22H24ClN3O2. The number of amides is 1. The number of aromatic nitrogens is 2. The molecule has 1 heterocycles. The molecule has 1 amide bonds. The molecule has 3 aromatic rings. The summed E-state index contributed by atoms with van der Waals surface area (Å²) in [6.45, 7) is 6.86. The molecule has 0 N–H and O–H groups in total. The van der Waals surface area contributed by atoms with Crippen LogP contribution in [0.3, 0.4) is 0 Å². The highest BCUT2D eigenvalue weighted by Crippen LogP contribution is 2.25. The molecule has 0 saturated carbocycles. The number of nitrogens with zero attached hydrogens (tertiary/aromatic N) is 3. The van der Waals surface area contributed by atoms with Gasteiger partial charge in [0.05, 0.1) is 27.5 Å². The fourth-order valence-electron chi connectivity index (χ4n) is 3.45. The monoisotopic (exact) mass is 397 g/mol. The molecule has 146 valence electrons. The number of halogens is 1. The lowest BCUT2D eigenvalue weighted by atomic mass is 10.1. The van der Waals surface area contributed by atoms with Gasteiger partial charge in [0, 0.05) is 13.1 Å². The van der Waals surface area contributed by atoms with E-state index in [1.54, 1.807) is 39.8 Å². The number of carbonyl (C=O) groups is 1. The zero-order chi connectivity index (χ0) is 20.3. The van der Waals surface area contributed by atoms with Gasteiger partial charge in [0.2, 0.25) is 0 Å². The Morgan fingerprint density at radius 2 is 1.82 bits per heavy atom. The number of fused-ring (bicyclic) bond motifs is 1. The molecule has 5 nitrogen and oxygen atoms in total. The lowest BCUT2D eigenvalue weighted by Crippen LogP contribution is -2.38. The molecule has 0 radical (unpaired) electrons. The summed E-state index contributed by atoms with van der Waals surface area (Å²) in [5, 5.41) is 1.000. The van der Waals surface area contributed by atoms with Crippen molar-refractivity contribution in [3.05, 3.63) is 75.3 Å². The third kappa shape index (κ3) is 3.67. The number of rotatable bonds is 6.